The normalized spacial score (nSPS) is 14.7. The number of rotatable bonds is 4. The topological polar surface area (TPSA) is 75.7 Å². The number of nitrogens with one attached hydrogen (secondary N) is 1. The van der Waals surface area contributed by atoms with Crippen molar-refractivity contribution in [3.05, 3.63) is 29.8 Å². The van der Waals surface area contributed by atoms with Gasteiger partial charge >= 0.3 is 5.97 Å². The van der Waals surface area contributed by atoms with E-state index in [2.05, 4.69) is 5.32 Å². The molecule has 1 N–H and O–H groups in total. The maximum atomic E-state index is 12.1. The fraction of sp³-hybridized carbons (Fsp3) is 0.357. The number of esters is 1. The standard InChI is InChI=1S/C14H16N2O4/c1-2-20-14(19)13(18)10-5-3-4-6-11(10)16-8-7-15-12(17)9-16/h3-6H,2,7-9H2,1H3,(H,15,17). The van der Waals surface area contributed by atoms with Crippen LogP contribution in [0, 0.1) is 0 Å². The number of anilines is 1. The summed E-state index contributed by atoms with van der Waals surface area (Å²) in [5.41, 5.74) is 0.848. The minimum Gasteiger partial charge on any atom is -0.460 e. The molecule has 1 aromatic rings. The lowest BCUT2D eigenvalue weighted by Crippen LogP contribution is -2.48. The van der Waals surface area contributed by atoms with Crippen LogP contribution in [0.25, 0.3) is 0 Å². The van der Waals surface area contributed by atoms with Gasteiger partial charge in [-0.1, -0.05) is 12.1 Å². The number of hydrogen-bond acceptors (Lipinski definition) is 5. The summed E-state index contributed by atoms with van der Waals surface area (Å²) < 4.78 is 4.74. The zero-order chi connectivity index (χ0) is 14.5. The Morgan fingerprint density at radius 2 is 2.10 bits per heavy atom. The first-order valence-corrected chi connectivity index (χ1v) is 6.45. The zero-order valence-electron chi connectivity index (χ0n) is 11.2. The quantitative estimate of drug-likeness (QED) is 0.488. The minimum atomic E-state index is -0.874. The molecule has 0 saturated carbocycles. The van der Waals surface area contributed by atoms with Gasteiger partial charge in [0.2, 0.25) is 5.91 Å². The lowest BCUT2D eigenvalue weighted by molar-refractivity contribution is -0.137. The summed E-state index contributed by atoms with van der Waals surface area (Å²) in [7, 11) is 0. The molecule has 0 bridgehead atoms. The second-order valence-electron chi connectivity index (χ2n) is 4.34. The number of hydrogen-bond donors (Lipinski definition) is 1. The zero-order valence-corrected chi connectivity index (χ0v) is 11.2. The molecule has 20 heavy (non-hydrogen) atoms. The van der Waals surface area contributed by atoms with Crippen molar-refractivity contribution in [1.82, 2.24) is 5.32 Å². The number of ketones is 1. The maximum absolute atomic E-state index is 12.1. The maximum Gasteiger partial charge on any atom is 0.379 e. The molecule has 2 rings (SSSR count). The van der Waals surface area contributed by atoms with Crippen molar-refractivity contribution in [2.75, 3.05) is 31.1 Å². The second kappa shape index (κ2) is 6.18. The molecule has 1 saturated heterocycles. The number of benzene rings is 1. The number of ether oxygens (including phenoxy) is 1. The SMILES string of the molecule is CCOC(=O)C(=O)c1ccccc1N1CCNC(=O)C1. The predicted molar refractivity (Wildman–Crippen MR) is 72.6 cm³/mol. The van der Waals surface area contributed by atoms with E-state index in [1.165, 1.54) is 0 Å². The van der Waals surface area contributed by atoms with Gasteiger partial charge in [-0.2, -0.15) is 0 Å². The van der Waals surface area contributed by atoms with Crippen LogP contribution in [0.5, 0.6) is 0 Å². The van der Waals surface area contributed by atoms with E-state index in [1.807, 2.05) is 0 Å². The van der Waals surface area contributed by atoms with Crippen molar-refractivity contribution in [1.29, 1.82) is 0 Å². The van der Waals surface area contributed by atoms with Crippen LogP contribution in [0.15, 0.2) is 24.3 Å². The number of piperazine rings is 1. The van der Waals surface area contributed by atoms with Gasteiger partial charge in [0.05, 0.1) is 18.7 Å². The van der Waals surface area contributed by atoms with Crippen LogP contribution in [0.2, 0.25) is 0 Å². The summed E-state index contributed by atoms with van der Waals surface area (Å²) in [6, 6.07) is 6.75. The molecule has 0 radical (unpaired) electrons. The van der Waals surface area contributed by atoms with Gasteiger partial charge in [-0.05, 0) is 19.1 Å². The molecule has 1 aliphatic heterocycles. The average Bonchev–Trinajstić information content (AvgIpc) is 2.47. The molecular weight excluding hydrogens is 260 g/mol. The smallest absolute Gasteiger partial charge is 0.379 e. The van der Waals surface area contributed by atoms with E-state index in [-0.39, 0.29) is 24.6 Å². The molecule has 1 aromatic carbocycles. The lowest BCUT2D eigenvalue weighted by Gasteiger charge is -2.29. The Labute approximate surface area is 116 Å². The third-order valence-electron chi connectivity index (χ3n) is 2.99. The Morgan fingerprint density at radius 1 is 1.35 bits per heavy atom. The average molecular weight is 276 g/mol. The molecule has 1 amide bonds. The van der Waals surface area contributed by atoms with Gasteiger partial charge in [-0.15, -0.1) is 0 Å². The Hall–Kier alpha value is -2.37. The molecule has 6 heteroatoms. The Bertz CT molecular complexity index is 542. The highest BCUT2D eigenvalue weighted by atomic mass is 16.5. The first kappa shape index (κ1) is 14.0. The molecule has 0 unspecified atom stereocenters. The van der Waals surface area contributed by atoms with Crippen molar-refractivity contribution in [3.63, 3.8) is 0 Å². The molecule has 0 aromatic heterocycles. The molecule has 0 spiro atoms. The molecule has 106 valence electrons. The van der Waals surface area contributed by atoms with E-state index in [0.29, 0.717) is 18.8 Å². The number of amides is 1. The van der Waals surface area contributed by atoms with E-state index in [4.69, 9.17) is 4.74 Å². The molecular formula is C14H16N2O4. The van der Waals surface area contributed by atoms with Crippen molar-refractivity contribution < 1.29 is 19.1 Å². The molecule has 1 fully saturated rings. The van der Waals surface area contributed by atoms with Crippen molar-refractivity contribution in [2.45, 2.75) is 6.92 Å². The number of para-hydroxylation sites is 1. The predicted octanol–water partition coefficient (Wildman–Crippen LogP) is 0.369. The molecule has 1 heterocycles. The third-order valence-corrected chi connectivity index (χ3v) is 2.99. The van der Waals surface area contributed by atoms with Crippen LogP contribution in [0.1, 0.15) is 17.3 Å². The van der Waals surface area contributed by atoms with Crippen molar-refractivity contribution in [3.8, 4) is 0 Å². The molecule has 0 atom stereocenters. The highest BCUT2D eigenvalue weighted by Gasteiger charge is 2.25. The molecule has 6 nitrogen and oxygen atoms in total. The van der Waals surface area contributed by atoms with Gasteiger partial charge < -0.3 is 15.0 Å². The van der Waals surface area contributed by atoms with Crippen LogP contribution in [0.4, 0.5) is 5.69 Å². The van der Waals surface area contributed by atoms with Crippen LogP contribution in [-0.4, -0.2) is 43.9 Å². The molecule has 0 aliphatic carbocycles. The van der Waals surface area contributed by atoms with Crippen LogP contribution in [-0.2, 0) is 14.3 Å². The van der Waals surface area contributed by atoms with Gasteiger partial charge in [0.1, 0.15) is 0 Å². The van der Waals surface area contributed by atoms with Crippen LogP contribution < -0.4 is 10.2 Å². The number of carbonyl (C=O) groups excluding carboxylic acids is 3. The Kier molecular flexibility index (Phi) is 4.34. The van der Waals surface area contributed by atoms with Gasteiger partial charge in [-0.3, -0.25) is 9.59 Å². The van der Waals surface area contributed by atoms with E-state index >= 15 is 0 Å². The van der Waals surface area contributed by atoms with E-state index in [1.54, 1.807) is 36.1 Å². The monoisotopic (exact) mass is 276 g/mol. The number of nitrogens with zero attached hydrogens (tertiary/aromatic N) is 1. The van der Waals surface area contributed by atoms with Crippen LogP contribution in [0.3, 0.4) is 0 Å². The van der Waals surface area contributed by atoms with Gasteiger partial charge in [0.15, 0.2) is 0 Å². The first-order valence-electron chi connectivity index (χ1n) is 6.45. The summed E-state index contributed by atoms with van der Waals surface area (Å²) in [6.07, 6.45) is 0. The highest BCUT2D eigenvalue weighted by Crippen LogP contribution is 2.21. The van der Waals surface area contributed by atoms with E-state index in [9.17, 15) is 14.4 Å². The number of Topliss-reactive ketones (excluding diaryl/α,β-unsaturated/α-hetero) is 1. The lowest BCUT2D eigenvalue weighted by atomic mass is 10.1. The Morgan fingerprint density at radius 3 is 2.80 bits per heavy atom. The Balaban J connectivity index is 2.28. The summed E-state index contributed by atoms with van der Waals surface area (Å²) in [6.45, 7) is 3.08. The number of carbonyl (C=O) groups is 3. The van der Waals surface area contributed by atoms with Gasteiger partial charge in [0, 0.05) is 18.8 Å². The van der Waals surface area contributed by atoms with E-state index < -0.39 is 11.8 Å². The fourth-order valence-corrected chi connectivity index (χ4v) is 2.09. The minimum absolute atomic E-state index is 0.102. The van der Waals surface area contributed by atoms with Crippen molar-refractivity contribution in [2.24, 2.45) is 0 Å². The summed E-state index contributed by atoms with van der Waals surface area (Å²) >= 11 is 0. The van der Waals surface area contributed by atoms with Gasteiger partial charge in [0.25, 0.3) is 5.78 Å². The fourth-order valence-electron chi connectivity index (χ4n) is 2.09. The summed E-state index contributed by atoms with van der Waals surface area (Å²) in [5.74, 6) is -1.66. The largest absolute Gasteiger partial charge is 0.460 e. The van der Waals surface area contributed by atoms with Crippen LogP contribution >= 0.6 is 0 Å². The summed E-state index contributed by atoms with van der Waals surface area (Å²) in [4.78, 5) is 36.9. The third kappa shape index (κ3) is 2.96. The van der Waals surface area contributed by atoms with Gasteiger partial charge in [-0.25, -0.2) is 4.79 Å². The van der Waals surface area contributed by atoms with E-state index in [0.717, 1.165) is 0 Å². The second-order valence-corrected chi connectivity index (χ2v) is 4.34. The summed E-state index contributed by atoms with van der Waals surface area (Å²) in [5, 5.41) is 2.72. The first-order chi connectivity index (χ1) is 9.63. The highest BCUT2D eigenvalue weighted by molar-refractivity contribution is 6.41. The van der Waals surface area contributed by atoms with Crippen molar-refractivity contribution >= 4 is 23.3 Å². The molecule has 1 aliphatic rings.